The number of hydrogen-bond donors (Lipinski definition) is 2. The first-order valence-corrected chi connectivity index (χ1v) is 8.83. The molecule has 2 heterocycles. The van der Waals surface area contributed by atoms with Crippen molar-refractivity contribution >= 4 is 37.8 Å². The highest BCUT2D eigenvalue weighted by Crippen LogP contribution is 2.21. The number of sulfonamides is 1. The highest BCUT2D eigenvalue weighted by atomic mass is 32.2. The molecule has 0 bridgehead atoms. The van der Waals surface area contributed by atoms with Gasteiger partial charge in [-0.05, 0) is 48.2 Å². The molecule has 2 aromatic heterocycles. The first kappa shape index (κ1) is 14.6. The monoisotopic (exact) mass is 338 g/mol. The fraction of sp³-hybridized carbons (Fsp3) is 0.0588. The molecule has 0 radical (unpaired) electrons. The molecule has 4 aromatic rings. The van der Waals surface area contributed by atoms with Crippen molar-refractivity contribution < 1.29 is 8.42 Å². The average molecular weight is 338 g/mol. The molecule has 0 aliphatic carbocycles. The normalized spacial score (nSPS) is 11.9. The lowest BCUT2D eigenvalue weighted by Crippen LogP contribution is -2.14. The number of anilines is 1. The van der Waals surface area contributed by atoms with E-state index in [0.717, 1.165) is 22.0 Å². The lowest BCUT2D eigenvalue weighted by atomic mass is 10.2. The second-order valence-electron chi connectivity index (χ2n) is 5.58. The summed E-state index contributed by atoms with van der Waals surface area (Å²) in [7, 11) is -3.73. The molecule has 0 saturated carbocycles. The van der Waals surface area contributed by atoms with Crippen LogP contribution in [0.4, 0.5) is 5.82 Å². The topological polar surface area (TPSA) is 87.7 Å². The zero-order valence-corrected chi connectivity index (χ0v) is 13.6. The SMILES string of the molecule is Cc1ccc2nc(NS(=O)(=O)c3ccc4cc[nH]c4c3)cnc2c1. The van der Waals surface area contributed by atoms with Crippen molar-refractivity contribution in [2.45, 2.75) is 11.8 Å². The van der Waals surface area contributed by atoms with Gasteiger partial charge in [-0.25, -0.2) is 13.4 Å². The summed E-state index contributed by atoms with van der Waals surface area (Å²) in [6.07, 6.45) is 3.19. The van der Waals surface area contributed by atoms with Gasteiger partial charge in [0.05, 0.1) is 22.1 Å². The van der Waals surface area contributed by atoms with Crippen LogP contribution < -0.4 is 4.72 Å². The summed E-state index contributed by atoms with van der Waals surface area (Å²) >= 11 is 0. The van der Waals surface area contributed by atoms with E-state index in [4.69, 9.17) is 0 Å². The summed E-state index contributed by atoms with van der Waals surface area (Å²) in [4.78, 5) is 11.8. The van der Waals surface area contributed by atoms with Gasteiger partial charge in [-0.15, -0.1) is 0 Å². The predicted octanol–water partition coefficient (Wildman–Crippen LogP) is 3.22. The summed E-state index contributed by atoms with van der Waals surface area (Å²) in [5.41, 5.74) is 3.20. The lowest BCUT2D eigenvalue weighted by Gasteiger charge is -2.08. The molecule has 0 atom stereocenters. The number of benzene rings is 2. The van der Waals surface area contributed by atoms with E-state index in [2.05, 4.69) is 19.7 Å². The van der Waals surface area contributed by atoms with E-state index in [-0.39, 0.29) is 10.7 Å². The van der Waals surface area contributed by atoms with Gasteiger partial charge in [0, 0.05) is 11.7 Å². The van der Waals surface area contributed by atoms with Crippen molar-refractivity contribution in [2.75, 3.05) is 4.72 Å². The number of fused-ring (bicyclic) bond motifs is 2. The third-order valence-corrected chi connectivity index (χ3v) is 5.13. The summed E-state index contributed by atoms with van der Waals surface area (Å²) in [5, 5.41) is 0.954. The number of nitrogens with one attached hydrogen (secondary N) is 2. The number of aryl methyl sites for hydroxylation is 1. The number of H-pyrrole nitrogens is 1. The molecule has 24 heavy (non-hydrogen) atoms. The summed E-state index contributed by atoms with van der Waals surface area (Å²) in [6.45, 7) is 1.97. The maximum atomic E-state index is 12.6. The van der Waals surface area contributed by atoms with E-state index in [0.29, 0.717) is 5.52 Å². The molecule has 7 heteroatoms. The maximum absolute atomic E-state index is 12.6. The van der Waals surface area contributed by atoms with Gasteiger partial charge in [-0.2, -0.15) is 0 Å². The van der Waals surface area contributed by atoms with Crippen LogP contribution in [-0.4, -0.2) is 23.4 Å². The van der Waals surface area contributed by atoms with E-state index in [9.17, 15) is 8.42 Å². The minimum atomic E-state index is -3.73. The Morgan fingerprint density at radius 3 is 2.79 bits per heavy atom. The zero-order chi connectivity index (χ0) is 16.7. The molecule has 2 N–H and O–H groups in total. The Morgan fingerprint density at radius 2 is 1.92 bits per heavy atom. The van der Waals surface area contributed by atoms with Gasteiger partial charge in [-0.3, -0.25) is 9.71 Å². The molecule has 0 unspecified atom stereocenters. The van der Waals surface area contributed by atoms with Gasteiger partial charge >= 0.3 is 0 Å². The number of nitrogens with zero attached hydrogens (tertiary/aromatic N) is 2. The van der Waals surface area contributed by atoms with Gasteiger partial charge in [0.2, 0.25) is 0 Å². The molecule has 0 amide bonds. The molecule has 4 rings (SSSR count). The summed E-state index contributed by atoms with van der Waals surface area (Å²) in [5.74, 6) is 0.193. The summed E-state index contributed by atoms with van der Waals surface area (Å²) < 4.78 is 27.6. The Morgan fingerprint density at radius 1 is 1.04 bits per heavy atom. The Labute approximate surface area is 138 Å². The van der Waals surface area contributed by atoms with Crippen LogP contribution in [0.5, 0.6) is 0 Å². The van der Waals surface area contributed by atoms with Gasteiger partial charge in [-0.1, -0.05) is 12.1 Å². The van der Waals surface area contributed by atoms with Crippen LogP contribution in [0.3, 0.4) is 0 Å². The van der Waals surface area contributed by atoms with Gasteiger partial charge in [0.25, 0.3) is 10.0 Å². The first-order valence-electron chi connectivity index (χ1n) is 7.35. The molecular weight excluding hydrogens is 324 g/mol. The Balaban J connectivity index is 1.71. The van der Waals surface area contributed by atoms with Crippen LogP contribution in [0.15, 0.2) is 59.8 Å². The van der Waals surface area contributed by atoms with Crippen LogP contribution >= 0.6 is 0 Å². The standard InChI is InChI=1S/C17H14N4O2S/c1-11-2-5-14-16(8-11)19-10-17(20-14)21-24(22,23)13-4-3-12-6-7-18-15(12)9-13/h2-10,18H,1H3,(H,20,21). The van der Waals surface area contributed by atoms with E-state index in [1.54, 1.807) is 24.4 Å². The Kier molecular flexibility index (Phi) is 3.24. The van der Waals surface area contributed by atoms with E-state index in [1.165, 1.54) is 6.20 Å². The van der Waals surface area contributed by atoms with Crippen molar-refractivity contribution in [3.8, 4) is 0 Å². The fourth-order valence-corrected chi connectivity index (χ4v) is 3.57. The average Bonchev–Trinajstić information content (AvgIpc) is 3.02. The van der Waals surface area contributed by atoms with E-state index < -0.39 is 10.0 Å². The summed E-state index contributed by atoms with van der Waals surface area (Å²) in [6, 6.07) is 12.4. The van der Waals surface area contributed by atoms with E-state index in [1.807, 2.05) is 31.2 Å². The molecule has 120 valence electrons. The fourth-order valence-electron chi connectivity index (χ4n) is 2.56. The molecule has 6 nitrogen and oxygen atoms in total. The van der Waals surface area contributed by atoms with Crippen LogP contribution in [0, 0.1) is 6.92 Å². The van der Waals surface area contributed by atoms with Crippen molar-refractivity contribution in [3.05, 3.63) is 60.4 Å². The minimum absolute atomic E-state index is 0.170. The minimum Gasteiger partial charge on any atom is -0.361 e. The second-order valence-corrected chi connectivity index (χ2v) is 7.26. The smallest absolute Gasteiger partial charge is 0.263 e. The van der Waals surface area contributed by atoms with Crippen molar-refractivity contribution in [1.29, 1.82) is 0 Å². The predicted molar refractivity (Wildman–Crippen MR) is 93.4 cm³/mol. The molecule has 2 aromatic carbocycles. The molecule has 0 fully saturated rings. The van der Waals surface area contributed by atoms with Crippen LogP contribution in [0.1, 0.15) is 5.56 Å². The third kappa shape index (κ3) is 2.59. The largest absolute Gasteiger partial charge is 0.361 e. The van der Waals surface area contributed by atoms with Crippen LogP contribution in [-0.2, 0) is 10.0 Å². The maximum Gasteiger partial charge on any atom is 0.263 e. The Hall–Kier alpha value is -2.93. The van der Waals surface area contributed by atoms with Crippen molar-refractivity contribution in [3.63, 3.8) is 0 Å². The molecule has 0 aliphatic heterocycles. The molecular formula is C17H14N4O2S. The van der Waals surface area contributed by atoms with Gasteiger partial charge in [0.15, 0.2) is 5.82 Å². The highest BCUT2D eigenvalue weighted by Gasteiger charge is 2.16. The quantitative estimate of drug-likeness (QED) is 0.600. The number of rotatable bonds is 3. The van der Waals surface area contributed by atoms with E-state index >= 15 is 0 Å². The molecule has 0 spiro atoms. The first-order chi connectivity index (χ1) is 11.5. The number of aromatic nitrogens is 3. The van der Waals surface area contributed by atoms with Gasteiger partial charge < -0.3 is 4.98 Å². The van der Waals surface area contributed by atoms with Crippen molar-refractivity contribution in [1.82, 2.24) is 15.0 Å². The van der Waals surface area contributed by atoms with Gasteiger partial charge in [0.1, 0.15) is 0 Å². The molecule has 0 saturated heterocycles. The second kappa shape index (κ2) is 5.31. The van der Waals surface area contributed by atoms with Crippen LogP contribution in [0.25, 0.3) is 21.9 Å². The highest BCUT2D eigenvalue weighted by molar-refractivity contribution is 7.92. The lowest BCUT2D eigenvalue weighted by molar-refractivity contribution is 0.601. The zero-order valence-electron chi connectivity index (χ0n) is 12.8. The third-order valence-electron chi connectivity index (χ3n) is 3.77. The number of aromatic amines is 1. The van der Waals surface area contributed by atoms with Crippen molar-refractivity contribution in [2.24, 2.45) is 0 Å². The van der Waals surface area contributed by atoms with Crippen LogP contribution in [0.2, 0.25) is 0 Å². The Bertz CT molecular complexity index is 1170. The molecule has 0 aliphatic rings. The number of hydrogen-bond acceptors (Lipinski definition) is 4.